The van der Waals surface area contributed by atoms with E-state index in [0.717, 1.165) is 0 Å². The summed E-state index contributed by atoms with van der Waals surface area (Å²) in [4.78, 5) is 23.7. The van der Waals surface area contributed by atoms with Gasteiger partial charge in [-0.15, -0.1) is 12.4 Å². The van der Waals surface area contributed by atoms with Gasteiger partial charge in [-0.3, -0.25) is 9.59 Å². The highest BCUT2D eigenvalue weighted by Crippen LogP contribution is 2.40. The van der Waals surface area contributed by atoms with Gasteiger partial charge in [0, 0.05) is 6.07 Å². The van der Waals surface area contributed by atoms with E-state index >= 15 is 0 Å². The van der Waals surface area contributed by atoms with Crippen LogP contribution in [0.15, 0.2) is 12.3 Å². The van der Waals surface area contributed by atoms with E-state index in [1.54, 1.807) is 12.3 Å². The molecule has 130 valence electrons. The molecule has 0 bridgehead atoms. The van der Waals surface area contributed by atoms with Crippen LogP contribution in [0.4, 0.5) is 5.82 Å². The van der Waals surface area contributed by atoms with Crippen LogP contribution < -0.4 is 16.4 Å². The van der Waals surface area contributed by atoms with Crippen molar-refractivity contribution >= 4 is 30.0 Å². The SMILES string of the molecule is CC(C)[C@H](N)C(=O)NCC(=O)Nc1ccnn1C(C)C1CC1.Cl. The highest BCUT2D eigenvalue weighted by molar-refractivity contribution is 5.94. The molecule has 1 aliphatic rings. The summed E-state index contributed by atoms with van der Waals surface area (Å²) >= 11 is 0. The average Bonchev–Trinajstić information content (AvgIpc) is 3.23. The van der Waals surface area contributed by atoms with E-state index in [-0.39, 0.29) is 42.7 Å². The van der Waals surface area contributed by atoms with Gasteiger partial charge < -0.3 is 16.4 Å². The number of aromatic nitrogens is 2. The molecule has 2 rings (SSSR count). The minimum absolute atomic E-state index is 0. The van der Waals surface area contributed by atoms with Crippen molar-refractivity contribution in [3.63, 3.8) is 0 Å². The second-order valence-corrected chi connectivity index (χ2v) is 6.27. The molecule has 0 aliphatic heterocycles. The summed E-state index contributed by atoms with van der Waals surface area (Å²) in [6, 6.07) is 1.43. The van der Waals surface area contributed by atoms with Gasteiger partial charge in [-0.2, -0.15) is 5.10 Å². The number of carbonyl (C=O) groups is 2. The molecule has 1 heterocycles. The van der Waals surface area contributed by atoms with E-state index in [4.69, 9.17) is 5.73 Å². The Labute approximate surface area is 142 Å². The Bertz CT molecular complexity index is 542. The standard InChI is InChI=1S/C15H25N5O2.ClH/c1-9(2)14(16)15(22)17-8-13(21)19-12-6-7-18-20(12)10(3)11-4-5-11;/h6-7,9-11,14H,4-5,8,16H2,1-3H3,(H,17,22)(H,19,21);1H/t10?,14-;/m0./s1. The normalized spacial score (nSPS) is 16.4. The first-order chi connectivity index (χ1) is 10.4. The molecule has 2 amide bonds. The fourth-order valence-corrected chi connectivity index (χ4v) is 2.29. The molecule has 4 N–H and O–H groups in total. The Balaban J connectivity index is 0.00000264. The van der Waals surface area contributed by atoms with E-state index in [0.29, 0.717) is 11.7 Å². The highest BCUT2D eigenvalue weighted by atomic mass is 35.5. The van der Waals surface area contributed by atoms with Crippen LogP contribution in [0.5, 0.6) is 0 Å². The lowest BCUT2D eigenvalue weighted by atomic mass is 10.1. The molecule has 7 nitrogen and oxygen atoms in total. The van der Waals surface area contributed by atoms with Gasteiger partial charge in [-0.05, 0) is 31.6 Å². The molecule has 8 heteroatoms. The van der Waals surface area contributed by atoms with Gasteiger partial charge in [0.25, 0.3) is 0 Å². The zero-order valence-electron chi connectivity index (χ0n) is 13.8. The van der Waals surface area contributed by atoms with Crippen molar-refractivity contribution in [3.8, 4) is 0 Å². The highest BCUT2D eigenvalue weighted by Gasteiger charge is 2.30. The van der Waals surface area contributed by atoms with Gasteiger partial charge in [0.05, 0.1) is 24.8 Å². The monoisotopic (exact) mass is 343 g/mol. The number of anilines is 1. The van der Waals surface area contributed by atoms with E-state index in [1.165, 1.54) is 12.8 Å². The smallest absolute Gasteiger partial charge is 0.244 e. The Hall–Kier alpha value is -1.60. The van der Waals surface area contributed by atoms with Gasteiger partial charge in [0.1, 0.15) is 5.82 Å². The van der Waals surface area contributed by atoms with E-state index < -0.39 is 6.04 Å². The number of halogens is 1. The summed E-state index contributed by atoms with van der Waals surface area (Å²) in [6.07, 6.45) is 4.08. The molecule has 2 atom stereocenters. The van der Waals surface area contributed by atoms with Gasteiger partial charge in [-0.25, -0.2) is 4.68 Å². The third-order valence-electron chi connectivity index (χ3n) is 4.07. The molecular formula is C15H26ClN5O2. The number of hydrogen-bond donors (Lipinski definition) is 3. The van der Waals surface area contributed by atoms with Gasteiger partial charge >= 0.3 is 0 Å². The van der Waals surface area contributed by atoms with Crippen LogP contribution in [0.25, 0.3) is 0 Å². The van der Waals surface area contributed by atoms with Crippen molar-refractivity contribution in [2.75, 3.05) is 11.9 Å². The van der Waals surface area contributed by atoms with Crippen LogP contribution in [0.2, 0.25) is 0 Å². The molecule has 0 aromatic carbocycles. The first-order valence-electron chi connectivity index (χ1n) is 7.76. The lowest BCUT2D eigenvalue weighted by molar-refractivity contribution is -0.125. The van der Waals surface area contributed by atoms with Crippen LogP contribution in [0.3, 0.4) is 0 Å². The quantitative estimate of drug-likeness (QED) is 0.694. The zero-order valence-corrected chi connectivity index (χ0v) is 14.6. The number of nitrogens with one attached hydrogen (secondary N) is 2. The van der Waals surface area contributed by atoms with Crippen molar-refractivity contribution < 1.29 is 9.59 Å². The number of nitrogens with two attached hydrogens (primary N) is 1. The second kappa shape index (κ2) is 8.31. The summed E-state index contributed by atoms with van der Waals surface area (Å²) in [5, 5.41) is 9.61. The van der Waals surface area contributed by atoms with Crippen LogP contribution in [0.1, 0.15) is 39.7 Å². The lowest BCUT2D eigenvalue weighted by Gasteiger charge is -2.17. The summed E-state index contributed by atoms with van der Waals surface area (Å²) in [7, 11) is 0. The molecule has 0 spiro atoms. The minimum Gasteiger partial charge on any atom is -0.346 e. The van der Waals surface area contributed by atoms with Crippen molar-refractivity contribution in [2.24, 2.45) is 17.6 Å². The maximum absolute atomic E-state index is 12.0. The van der Waals surface area contributed by atoms with Crippen LogP contribution in [0, 0.1) is 11.8 Å². The molecule has 1 unspecified atom stereocenters. The number of rotatable bonds is 7. The van der Waals surface area contributed by atoms with Crippen molar-refractivity contribution in [1.82, 2.24) is 15.1 Å². The molecule has 0 saturated heterocycles. The largest absolute Gasteiger partial charge is 0.346 e. The fourth-order valence-electron chi connectivity index (χ4n) is 2.29. The Morgan fingerprint density at radius 2 is 2.04 bits per heavy atom. The topological polar surface area (TPSA) is 102 Å². The summed E-state index contributed by atoms with van der Waals surface area (Å²) in [6.45, 7) is 5.73. The van der Waals surface area contributed by atoms with Crippen molar-refractivity contribution in [2.45, 2.75) is 45.7 Å². The second-order valence-electron chi connectivity index (χ2n) is 6.27. The Kier molecular flexibility index (Phi) is 7.02. The van der Waals surface area contributed by atoms with Crippen LogP contribution in [-0.4, -0.2) is 34.2 Å². The van der Waals surface area contributed by atoms with E-state index in [2.05, 4.69) is 22.7 Å². The predicted octanol–water partition coefficient (Wildman–Crippen LogP) is 1.31. The molecule has 1 aromatic heterocycles. The Morgan fingerprint density at radius 3 is 2.61 bits per heavy atom. The fraction of sp³-hybridized carbons (Fsp3) is 0.667. The number of carbonyl (C=O) groups excluding carboxylic acids is 2. The number of nitrogens with zero attached hydrogens (tertiary/aromatic N) is 2. The summed E-state index contributed by atoms with van der Waals surface area (Å²) < 4.78 is 1.83. The van der Waals surface area contributed by atoms with Crippen molar-refractivity contribution in [1.29, 1.82) is 0 Å². The first kappa shape index (κ1) is 19.4. The van der Waals surface area contributed by atoms with Gasteiger partial charge in [0.15, 0.2) is 0 Å². The maximum Gasteiger partial charge on any atom is 0.244 e. The minimum atomic E-state index is -0.604. The average molecular weight is 344 g/mol. The van der Waals surface area contributed by atoms with Gasteiger partial charge in [0.2, 0.25) is 11.8 Å². The summed E-state index contributed by atoms with van der Waals surface area (Å²) in [5.41, 5.74) is 5.73. The third-order valence-corrected chi connectivity index (χ3v) is 4.07. The van der Waals surface area contributed by atoms with Crippen LogP contribution in [-0.2, 0) is 9.59 Å². The maximum atomic E-state index is 12.0. The third kappa shape index (κ3) is 5.21. The zero-order chi connectivity index (χ0) is 16.3. The molecule has 23 heavy (non-hydrogen) atoms. The van der Waals surface area contributed by atoms with Gasteiger partial charge in [-0.1, -0.05) is 13.8 Å². The van der Waals surface area contributed by atoms with E-state index in [9.17, 15) is 9.59 Å². The molecular weight excluding hydrogens is 318 g/mol. The van der Waals surface area contributed by atoms with Crippen LogP contribution >= 0.6 is 12.4 Å². The number of hydrogen-bond acceptors (Lipinski definition) is 4. The predicted molar refractivity (Wildman–Crippen MR) is 91.4 cm³/mol. The molecule has 0 radical (unpaired) electrons. The first-order valence-corrected chi connectivity index (χ1v) is 7.76. The molecule has 1 fully saturated rings. The molecule has 1 aromatic rings. The summed E-state index contributed by atoms with van der Waals surface area (Å²) in [5.74, 6) is 0.731. The van der Waals surface area contributed by atoms with E-state index in [1.807, 2.05) is 18.5 Å². The number of amides is 2. The Morgan fingerprint density at radius 1 is 1.39 bits per heavy atom. The molecule has 1 aliphatic carbocycles. The lowest BCUT2D eigenvalue weighted by Crippen LogP contribution is -2.46. The molecule has 1 saturated carbocycles. The van der Waals surface area contributed by atoms with Crippen molar-refractivity contribution in [3.05, 3.63) is 12.3 Å².